The summed E-state index contributed by atoms with van der Waals surface area (Å²) >= 11 is 13.9. The van der Waals surface area contributed by atoms with Gasteiger partial charge in [0.05, 0.1) is 12.7 Å². The second-order valence-electron chi connectivity index (χ2n) is 7.22. The van der Waals surface area contributed by atoms with Gasteiger partial charge in [0.2, 0.25) is 11.1 Å². The summed E-state index contributed by atoms with van der Waals surface area (Å²) in [6.45, 7) is 4.08. The first kappa shape index (κ1) is 23.5. The minimum absolute atomic E-state index is 0.232. The number of ether oxygens (including phenoxy) is 2. The van der Waals surface area contributed by atoms with Crippen LogP contribution in [0.15, 0.2) is 58.9 Å². The van der Waals surface area contributed by atoms with Crippen LogP contribution in [-0.2, 0) is 16.1 Å². The number of allylic oxidation sites excluding steroid dienone is 1. The summed E-state index contributed by atoms with van der Waals surface area (Å²) in [5.41, 5.74) is 2.63. The Balaban J connectivity index is 1.77. The number of anilines is 1. The maximum absolute atomic E-state index is 12.8. The molecule has 3 aromatic rings. The summed E-state index contributed by atoms with van der Waals surface area (Å²) in [6.07, 6.45) is 0. The molecule has 2 aromatic carbocycles. The lowest BCUT2D eigenvalue weighted by Gasteiger charge is -2.29. The predicted molar refractivity (Wildman–Crippen MR) is 130 cm³/mol. The molecule has 0 radical (unpaired) electrons. The van der Waals surface area contributed by atoms with Crippen LogP contribution in [0.1, 0.15) is 31.0 Å². The molecule has 1 aliphatic rings. The maximum atomic E-state index is 12.8. The molecule has 33 heavy (non-hydrogen) atoms. The van der Waals surface area contributed by atoms with E-state index in [1.165, 1.54) is 18.9 Å². The molecule has 4 rings (SSSR count). The first-order valence-electron chi connectivity index (χ1n) is 10.2. The Bertz CT molecular complexity index is 1230. The quantitative estimate of drug-likeness (QED) is 0.324. The van der Waals surface area contributed by atoms with Crippen molar-refractivity contribution in [3.63, 3.8) is 0 Å². The zero-order chi connectivity index (χ0) is 23.5. The van der Waals surface area contributed by atoms with Crippen LogP contribution in [0.2, 0.25) is 10.0 Å². The third kappa shape index (κ3) is 4.83. The Morgan fingerprint density at radius 1 is 1.24 bits per heavy atom. The van der Waals surface area contributed by atoms with Gasteiger partial charge in [0.15, 0.2) is 0 Å². The van der Waals surface area contributed by atoms with E-state index in [2.05, 4.69) is 15.4 Å². The highest BCUT2D eigenvalue weighted by atomic mass is 35.5. The number of aromatic nitrogens is 3. The van der Waals surface area contributed by atoms with E-state index in [4.69, 9.17) is 32.7 Å². The van der Waals surface area contributed by atoms with Gasteiger partial charge >= 0.3 is 5.97 Å². The lowest BCUT2D eigenvalue weighted by molar-refractivity contribution is -0.136. The number of halogens is 2. The van der Waals surface area contributed by atoms with Crippen LogP contribution in [0.3, 0.4) is 0 Å². The second-order valence-corrected chi connectivity index (χ2v) is 9.29. The molecule has 0 fully saturated rings. The molecular formula is C23H22Cl2N4O3S. The van der Waals surface area contributed by atoms with Gasteiger partial charge in [0.1, 0.15) is 18.4 Å². The van der Waals surface area contributed by atoms with Gasteiger partial charge in [0, 0.05) is 26.9 Å². The molecule has 7 nitrogen and oxygen atoms in total. The number of hydrogen-bond donors (Lipinski definition) is 1. The predicted octanol–water partition coefficient (Wildman–Crippen LogP) is 5.74. The normalized spacial score (nSPS) is 15.1. The van der Waals surface area contributed by atoms with Crippen molar-refractivity contribution in [3.8, 4) is 5.75 Å². The molecule has 1 aromatic heterocycles. The van der Waals surface area contributed by atoms with Crippen molar-refractivity contribution >= 4 is 46.9 Å². The number of nitrogens with zero attached hydrogens (tertiary/aromatic N) is 3. The monoisotopic (exact) mass is 504 g/mol. The maximum Gasteiger partial charge on any atom is 0.338 e. The Kier molecular flexibility index (Phi) is 7.17. The van der Waals surface area contributed by atoms with Gasteiger partial charge in [-0.15, -0.1) is 5.10 Å². The van der Waals surface area contributed by atoms with Gasteiger partial charge in [0.25, 0.3) is 0 Å². The summed E-state index contributed by atoms with van der Waals surface area (Å²) in [5, 5.41) is 9.53. The minimum Gasteiger partial charge on any atom is -0.488 e. The fourth-order valence-corrected chi connectivity index (χ4v) is 4.63. The highest BCUT2D eigenvalue weighted by molar-refractivity contribution is 7.99. The van der Waals surface area contributed by atoms with Gasteiger partial charge in [-0.1, -0.05) is 66.2 Å². The van der Waals surface area contributed by atoms with E-state index in [9.17, 15) is 4.79 Å². The van der Waals surface area contributed by atoms with E-state index in [0.717, 1.165) is 16.9 Å². The molecular weight excluding hydrogens is 483 g/mol. The third-order valence-corrected chi connectivity index (χ3v) is 6.43. The average molecular weight is 505 g/mol. The molecule has 1 aliphatic heterocycles. The number of esters is 1. The summed E-state index contributed by atoms with van der Waals surface area (Å²) < 4.78 is 13.0. The second kappa shape index (κ2) is 10.1. The molecule has 1 N–H and O–H groups in total. The molecule has 1 atom stereocenters. The number of fused-ring (bicyclic) bond motifs is 1. The lowest BCUT2D eigenvalue weighted by atomic mass is 9.95. The fraction of sp³-hybridized carbons (Fsp3) is 0.261. The summed E-state index contributed by atoms with van der Waals surface area (Å²) in [7, 11) is 1.36. The number of para-hydroxylation sites is 1. The molecule has 0 saturated heterocycles. The van der Waals surface area contributed by atoms with E-state index in [0.29, 0.717) is 38.2 Å². The molecule has 0 bridgehead atoms. The minimum atomic E-state index is -0.579. The Morgan fingerprint density at radius 2 is 2.03 bits per heavy atom. The zero-order valence-corrected chi connectivity index (χ0v) is 20.6. The Morgan fingerprint density at radius 3 is 2.76 bits per heavy atom. The summed E-state index contributed by atoms with van der Waals surface area (Å²) in [6, 6.07) is 12.2. The van der Waals surface area contributed by atoms with Crippen LogP contribution in [0, 0.1) is 0 Å². The Labute approximate surface area is 206 Å². The van der Waals surface area contributed by atoms with E-state index in [-0.39, 0.29) is 6.61 Å². The smallest absolute Gasteiger partial charge is 0.338 e. The van der Waals surface area contributed by atoms with Crippen molar-refractivity contribution in [2.24, 2.45) is 0 Å². The van der Waals surface area contributed by atoms with Crippen molar-refractivity contribution in [3.05, 3.63) is 74.9 Å². The van der Waals surface area contributed by atoms with Crippen LogP contribution in [-0.4, -0.2) is 33.6 Å². The standard InChI is InChI=1S/C23H22Cl2N4O3S/c1-4-33-23-27-22-26-13(2)19(21(30)31-3)20(29(22)28-23)16-7-5-6-8-18(16)32-12-14-9-10-15(24)11-17(14)25/h5-11,20H,4,12H2,1-3H3,(H,26,27,28). The van der Waals surface area contributed by atoms with Gasteiger partial charge in [-0.25, -0.2) is 9.48 Å². The van der Waals surface area contributed by atoms with Crippen LogP contribution in [0.25, 0.3) is 0 Å². The zero-order valence-electron chi connectivity index (χ0n) is 18.3. The Hall–Kier alpha value is -2.68. The van der Waals surface area contributed by atoms with Crippen molar-refractivity contribution in [2.75, 3.05) is 18.2 Å². The highest BCUT2D eigenvalue weighted by Gasteiger charge is 2.36. The molecule has 1 unspecified atom stereocenters. The summed E-state index contributed by atoms with van der Waals surface area (Å²) in [5.74, 6) is 1.52. The molecule has 0 saturated carbocycles. The van der Waals surface area contributed by atoms with E-state index in [1.54, 1.807) is 16.8 Å². The largest absolute Gasteiger partial charge is 0.488 e. The van der Waals surface area contributed by atoms with Gasteiger partial charge in [-0.3, -0.25) is 0 Å². The van der Waals surface area contributed by atoms with Gasteiger partial charge < -0.3 is 14.8 Å². The van der Waals surface area contributed by atoms with Crippen LogP contribution in [0.4, 0.5) is 5.95 Å². The first-order chi connectivity index (χ1) is 15.9. The summed E-state index contributed by atoms with van der Waals surface area (Å²) in [4.78, 5) is 17.4. The van der Waals surface area contributed by atoms with Crippen LogP contribution >= 0.6 is 35.0 Å². The number of rotatable bonds is 7. The molecule has 10 heteroatoms. The van der Waals surface area contributed by atoms with Crippen molar-refractivity contribution < 1.29 is 14.3 Å². The molecule has 172 valence electrons. The third-order valence-electron chi connectivity index (χ3n) is 5.12. The van der Waals surface area contributed by atoms with E-state index >= 15 is 0 Å². The number of hydrogen-bond acceptors (Lipinski definition) is 7. The van der Waals surface area contributed by atoms with Crippen molar-refractivity contribution in [1.29, 1.82) is 0 Å². The van der Waals surface area contributed by atoms with Crippen molar-refractivity contribution in [2.45, 2.75) is 31.7 Å². The lowest BCUT2D eigenvalue weighted by Crippen LogP contribution is -2.29. The highest BCUT2D eigenvalue weighted by Crippen LogP contribution is 2.40. The van der Waals surface area contributed by atoms with Crippen molar-refractivity contribution in [1.82, 2.24) is 14.8 Å². The molecule has 0 spiro atoms. The first-order valence-corrected chi connectivity index (χ1v) is 12.0. The topological polar surface area (TPSA) is 78.3 Å². The number of nitrogens with one attached hydrogen (secondary N) is 1. The number of carbonyl (C=O) groups is 1. The number of thioether (sulfide) groups is 1. The average Bonchev–Trinajstić information content (AvgIpc) is 3.19. The SMILES string of the molecule is CCSc1nc2n(n1)C(c1ccccc1OCc1ccc(Cl)cc1Cl)C(C(=O)OC)=C(C)N2. The fourth-order valence-electron chi connectivity index (χ4n) is 3.62. The molecule has 2 heterocycles. The number of benzene rings is 2. The van der Waals surface area contributed by atoms with Crippen LogP contribution in [0.5, 0.6) is 5.75 Å². The van der Waals surface area contributed by atoms with Gasteiger partial charge in [-0.2, -0.15) is 4.98 Å². The molecule has 0 aliphatic carbocycles. The van der Waals surface area contributed by atoms with Gasteiger partial charge in [-0.05, 0) is 30.9 Å². The molecule has 0 amide bonds. The van der Waals surface area contributed by atoms with E-state index in [1.807, 2.05) is 44.2 Å². The van der Waals surface area contributed by atoms with E-state index < -0.39 is 12.0 Å². The number of carbonyl (C=O) groups excluding carboxylic acids is 1. The number of methoxy groups -OCH3 is 1. The van der Waals surface area contributed by atoms with Crippen LogP contribution < -0.4 is 10.1 Å².